The summed E-state index contributed by atoms with van der Waals surface area (Å²) in [5, 5.41) is 3.21. The van der Waals surface area contributed by atoms with Gasteiger partial charge in [-0.2, -0.15) is 0 Å². The fourth-order valence-electron chi connectivity index (χ4n) is 1.96. The van der Waals surface area contributed by atoms with Gasteiger partial charge < -0.3 is 10.2 Å². The Balaban J connectivity index is 2.53. The second-order valence-electron chi connectivity index (χ2n) is 3.95. The van der Waals surface area contributed by atoms with Gasteiger partial charge in [0.1, 0.15) is 0 Å². The van der Waals surface area contributed by atoms with Crippen molar-refractivity contribution in [3.8, 4) is 0 Å². The molecule has 0 aromatic rings. The van der Waals surface area contributed by atoms with Crippen LogP contribution in [0.3, 0.4) is 0 Å². The zero-order valence-corrected chi connectivity index (χ0v) is 9.55. The molecule has 14 heavy (non-hydrogen) atoms. The first kappa shape index (κ1) is 11.5. The summed E-state index contributed by atoms with van der Waals surface area (Å²) < 4.78 is 0. The van der Waals surface area contributed by atoms with Gasteiger partial charge in [-0.1, -0.05) is 13.8 Å². The molecule has 0 radical (unpaired) electrons. The third-order valence-corrected chi connectivity index (χ3v) is 3.16. The predicted molar refractivity (Wildman–Crippen MR) is 58.1 cm³/mol. The van der Waals surface area contributed by atoms with Crippen molar-refractivity contribution >= 4 is 5.91 Å². The maximum atomic E-state index is 12.1. The van der Waals surface area contributed by atoms with E-state index in [1.54, 1.807) is 0 Å². The Morgan fingerprint density at radius 1 is 1.36 bits per heavy atom. The standard InChI is InChI=1S/C11H22N2O/c1-4-9(5-2)11(14)13(6-3)10-7-12-8-10/h9-10,12H,4-8H2,1-3H3. The van der Waals surface area contributed by atoms with Crippen LogP contribution in [0.1, 0.15) is 33.6 Å². The van der Waals surface area contributed by atoms with E-state index < -0.39 is 0 Å². The highest BCUT2D eigenvalue weighted by Gasteiger charge is 2.29. The first-order chi connectivity index (χ1) is 6.74. The van der Waals surface area contributed by atoms with E-state index in [1.807, 2.05) is 4.90 Å². The zero-order chi connectivity index (χ0) is 10.6. The molecule has 0 aliphatic carbocycles. The average molecular weight is 198 g/mol. The molecule has 1 N–H and O–H groups in total. The van der Waals surface area contributed by atoms with E-state index in [4.69, 9.17) is 0 Å². The minimum absolute atomic E-state index is 0.232. The van der Waals surface area contributed by atoms with Crippen molar-refractivity contribution in [1.29, 1.82) is 0 Å². The van der Waals surface area contributed by atoms with Gasteiger partial charge >= 0.3 is 0 Å². The summed E-state index contributed by atoms with van der Waals surface area (Å²) in [5.41, 5.74) is 0. The fourth-order valence-corrected chi connectivity index (χ4v) is 1.96. The molecule has 1 aliphatic heterocycles. The second-order valence-corrected chi connectivity index (χ2v) is 3.95. The van der Waals surface area contributed by atoms with Gasteiger partial charge in [-0.15, -0.1) is 0 Å². The summed E-state index contributed by atoms with van der Waals surface area (Å²) in [6.45, 7) is 9.05. The van der Waals surface area contributed by atoms with Crippen molar-refractivity contribution in [3.63, 3.8) is 0 Å². The van der Waals surface area contributed by atoms with E-state index in [0.717, 1.165) is 32.5 Å². The zero-order valence-electron chi connectivity index (χ0n) is 9.55. The van der Waals surface area contributed by atoms with E-state index in [2.05, 4.69) is 26.1 Å². The highest BCUT2D eigenvalue weighted by atomic mass is 16.2. The Labute approximate surface area is 86.9 Å². The number of likely N-dealkylation sites (N-methyl/N-ethyl adjacent to an activating group) is 1. The first-order valence-electron chi connectivity index (χ1n) is 5.75. The van der Waals surface area contributed by atoms with Crippen LogP contribution in [0.2, 0.25) is 0 Å². The van der Waals surface area contributed by atoms with Crippen LogP contribution >= 0.6 is 0 Å². The summed E-state index contributed by atoms with van der Waals surface area (Å²) in [7, 11) is 0. The summed E-state index contributed by atoms with van der Waals surface area (Å²) in [6.07, 6.45) is 1.93. The highest BCUT2D eigenvalue weighted by molar-refractivity contribution is 5.79. The molecule has 1 heterocycles. The van der Waals surface area contributed by atoms with Crippen LogP contribution in [0.4, 0.5) is 0 Å². The van der Waals surface area contributed by atoms with Gasteiger partial charge in [0.15, 0.2) is 0 Å². The lowest BCUT2D eigenvalue weighted by Gasteiger charge is -2.39. The van der Waals surface area contributed by atoms with Gasteiger partial charge in [0, 0.05) is 25.6 Å². The summed E-state index contributed by atoms with van der Waals surface area (Å²) in [5.74, 6) is 0.583. The third-order valence-electron chi connectivity index (χ3n) is 3.16. The van der Waals surface area contributed by atoms with Gasteiger partial charge in [-0.25, -0.2) is 0 Å². The summed E-state index contributed by atoms with van der Waals surface area (Å²) >= 11 is 0. The minimum atomic E-state index is 0.232. The van der Waals surface area contributed by atoms with Crippen LogP contribution in [-0.2, 0) is 4.79 Å². The molecule has 0 spiro atoms. The molecule has 0 aromatic carbocycles. The van der Waals surface area contributed by atoms with E-state index >= 15 is 0 Å². The quantitative estimate of drug-likeness (QED) is 0.721. The number of amides is 1. The Morgan fingerprint density at radius 2 is 1.93 bits per heavy atom. The van der Waals surface area contributed by atoms with Crippen molar-refractivity contribution < 1.29 is 4.79 Å². The molecule has 1 saturated heterocycles. The van der Waals surface area contributed by atoms with Crippen LogP contribution in [0.15, 0.2) is 0 Å². The molecule has 3 nitrogen and oxygen atoms in total. The van der Waals surface area contributed by atoms with E-state index in [-0.39, 0.29) is 5.92 Å². The van der Waals surface area contributed by atoms with Gasteiger partial charge in [0.05, 0.1) is 6.04 Å². The van der Waals surface area contributed by atoms with Crippen molar-refractivity contribution in [2.75, 3.05) is 19.6 Å². The molecule has 0 aromatic heterocycles. The Kier molecular flexibility index (Phi) is 4.39. The molecular formula is C11H22N2O. The predicted octanol–water partition coefficient (Wildman–Crippen LogP) is 1.24. The Morgan fingerprint density at radius 3 is 2.21 bits per heavy atom. The fraction of sp³-hybridized carbons (Fsp3) is 0.909. The van der Waals surface area contributed by atoms with E-state index in [1.165, 1.54) is 0 Å². The number of nitrogens with one attached hydrogen (secondary N) is 1. The van der Waals surface area contributed by atoms with Gasteiger partial charge in [0.2, 0.25) is 5.91 Å². The van der Waals surface area contributed by atoms with Gasteiger partial charge in [0.25, 0.3) is 0 Å². The lowest BCUT2D eigenvalue weighted by atomic mass is 9.99. The average Bonchev–Trinajstić information content (AvgIpc) is 2.12. The number of nitrogens with zero attached hydrogens (tertiary/aromatic N) is 1. The summed E-state index contributed by atoms with van der Waals surface area (Å²) in [4.78, 5) is 14.1. The smallest absolute Gasteiger partial charge is 0.225 e. The molecule has 3 heteroatoms. The van der Waals surface area contributed by atoms with Crippen LogP contribution in [-0.4, -0.2) is 36.5 Å². The minimum Gasteiger partial charge on any atom is -0.337 e. The molecule has 0 atom stereocenters. The van der Waals surface area contributed by atoms with Gasteiger partial charge in [-0.3, -0.25) is 4.79 Å². The van der Waals surface area contributed by atoms with E-state index in [9.17, 15) is 4.79 Å². The molecule has 0 unspecified atom stereocenters. The molecule has 1 fully saturated rings. The number of hydrogen-bond acceptors (Lipinski definition) is 2. The number of rotatable bonds is 5. The lowest BCUT2D eigenvalue weighted by Crippen LogP contribution is -2.59. The Hall–Kier alpha value is -0.570. The topological polar surface area (TPSA) is 32.3 Å². The summed E-state index contributed by atoms with van der Waals surface area (Å²) in [6, 6.07) is 0.452. The molecule has 82 valence electrons. The SMILES string of the molecule is CCC(CC)C(=O)N(CC)C1CNC1. The van der Waals surface area contributed by atoms with Crippen molar-refractivity contribution in [3.05, 3.63) is 0 Å². The first-order valence-corrected chi connectivity index (χ1v) is 5.75. The second kappa shape index (κ2) is 5.35. The monoisotopic (exact) mass is 198 g/mol. The number of carbonyl (C=O) groups excluding carboxylic acids is 1. The molecule has 1 aliphatic rings. The van der Waals surface area contributed by atoms with Crippen molar-refractivity contribution in [2.45, 2.75) is 39.7 Å². The lowest BCUT2D eigenvalue weighted by molar-refractivity contribution is -0.138. The highest BCUT2D eigenvalue weighted by Crippen LogP contribution is 2.15. The number of hydrogen-bond donors (Lipinski definition) is 1. The molecule has 0 saturated carbocycles. The maximum Gasteiger partial charge on any atom is 0.225 e. The Bertz CT molecular complexity index is 186. The molecule has 1 rings (SSSR count). The molecular weight excluding hydrogens is 176 g/mol. The largest absolute Gasteiger partial charge is 0.337 e. The van der Waals surface area contributed by atoms with Crippen molar-refractivity contribution in [1.82, 2.24) is 10.2 Å². The third kappa shape index (κ3) is 2.27. The maximum absolute atomic E-state index is 12.1. The van der Waals surface area contributed by atoms with Crippen LogP contribution in [0.5, 0.6) is 0 Å². The molecule has 1 amide bonds. The van der Waals surface area contributed by atoms with Crippen LogP contribution in [0, 0.1) is 5.92 Å². The van der Waals surface area contributed by atoms with E-state index in [0.29, 0.717) is 11.9 Å². The van der Waals surface area contributed by atoms with Crippen LogP contribution in [0.25, 0.3) is 0 Å². The molecule has 0 bridgehead atoms. The number of carbonyl (C=O) groups is 1. The van der Waals surface area contributed by atoms with Gasteiger partial charge in [-0.05, 0) is 19.8 Å². The van der Waals surface area contributed by atoms with Crippen molar-refractivity contribution in [2.24, 2.45) is 5.92 Å². The van der Waals surface area contributed by atoms with Crippen LogP contribution < -0.4 is 5.32 Å². The normalized spacial score (nSPS) is 16.9.